The molecule has 1 unspecified atom stereocenters. The van der Waals surface area contributed by atoms with Gasteiger partial charge in [-0.1, -0.05) is 12.1 Å². The molecule has 1 saturated heterocycles. The zero-order chi connectivity index (χ0) is 26.2. The summed E-state index contributed by atoms with van der Waals surface area (Å²) in [4.78, 5) is 20.4. The van der Waals surface area contributed by atoms with Crippen molar-refractivity contribution >= 4 is 33.1 Å². The lowest BCUT2D eigenvalue weighted by Crippen LogP contribution is -2.31. The quantitative estimate of drug-likeness (QED) is 0.419. The summed E-state index contributed by atoms with van der Waals surface area (Å²) in [6.45, 7) is 1.96. The molecule has 2 aliphatic heterocycles. The number of hydrogen-bond acceptors (Lipinski definition) is 10. The minimum Gasteiger partial charge on any atom is -0.454 e. The van der Waals surface area contributed by atoms with Crippen LogP contribution < -0.4 is 20.1 Å². The van der Waals surface area contributed by atoms with Crippen molar-refractivity contribution in [1.82, 2.24) is 9.97 Å². The Kier molecular flexibility index (Phi) is 6.48. The highest BCUT2D eigenvalue weighted by Gasteiger charge is 2.37. The van der Waals surface area contributed by atoms with Gasteiger partial charge < -0.3 is 30.0 Å². The predicted molar refractivity (Wildman–Crippen MR) is 135 cm³/mol. The molecule has 1 fully saturated rings. The minimum atomic E-state index is -3.68. The number of rotatable bonds is 7. The van der Waals surface area contributed by atoms with Crippen LogP contribution in [0.25, 0.3) is 11.1 Å². The van der Waals surface area contributed by atoms with Gasteiger partial charge in [-0.05, 0) is 30.2 Å². The van der Waals surface area contributed by atoms with E-state index in [9.17, 15) is 18.3 Å². The number of carbonyl (C=O) groups is 1. The topological polar surface area (TPSA) is 149 Å². The number of anilines is 3. The molecule has 0 bridgehead atoms. The first-order chi connectivity index (χ1) is 17.7. The van der Waals surface area contributed by atoms with Crippen molar-refractivity contribution in [3.05, 3.63) is 48.2 Å². The van der Waals surface area contributed by atoms with Gasteiger partial charge in [0.25, 0.3) is 0 Å². The molecular weight excluding hydrogens is 500 g/mol. The molecule has 0 saturated carbocycles. The lowest BCUT2D eigenvalue weighted by molar-refractivity contribution is -0.114. The minimum absolute atomic E-state index is 0.0825. The van der Waals surface area contributed by atoms with Crippen molar-refractivity contribution in [3.63, 3.8) is 0 Å². The number of aliphatic hydroxyl groups is 1. The fraction of sp³-hybridized carbons (Fsp3) is 0.320. The van der Waals surface area contributed by atoms with E-state index in [2.05, 4.69) is 20.6 Å². The molecule has 12 heteroatoms. The van der Waals surface area contributed by atoms with Gasteiger partial charge in [0.15, 0.2) is 26.4 Å². The molecule has 0 radical (unpaired) electrons. The summed E-state index contributed by atoms with van der Waals surface area (Å²) >= 11 is 0. The van der Waals surface area contributed by atoms with Crippen molar-refractivity contribution in [1.29, 1.82) is 0 Å². The molecule has 37 heavy (non-hydrogen) atoms. The molecule has 2 aliphatic rings. The van der Waals surface area contributed by atoms with Gasteiger partial charge in [-0.25, -0.2) is 18.4 Å². The summed E-state index contributed by atoms with van der Waals surface area (Å²) in [7, 11) is -3.68. The van der Waals surface area contributed by atoms with E-state index in [1.165, 1.54) is 13.0 Å². The number of sulfone groups is 1. The largest absolute Gasteiger partial charge is 0.454 e. The van der Waals surface area contributed by atoms with E-state index in [1.54, 1.807) is 24.4 Å². The third-order valence-corrected chi connectivity index (χ3v) is 7.33. The maximum Gasteiger partial charge on any atom is 0.231 e. The average Bonchev–Trinajstić information content (AvgIpc) is 3.54. The van der Waals surface area contributed by atoms with Crippen molar-refractivity contribution in [3.8, 4) is 22.6 Å². The Morgan fingerprint density at radius 1 is 1.16 bits per heavy atom. The number of amides is 1. The normalized spacial score (nSPS) is 18.6. The number of aliphatic hydroxyl groups excluding tert-OH is 1. The Morgan fingerprint density at radius 2 is 2.00 bits per heavy atom. The van der Waals surface area contributed by atoms with Gasteiger partial charge in [-0.3, -0.25) is 4.79 Å². The number of fused-ring (bicyclic) bond motifs is 1. The maximum absolute atomic E-state index is 12.5. The Hall–Kier alpha value is -3.74. The van der Waals surface area contributed by atoms with Crippen LogP contribution in [0.2, 0.25) is 0 Å². The molecule has 194 valence electrons. The number of ether oxygens (including phenoxy) is 3. The number of hydrogen-bond donors (Lipinski definition) is 3. The number of carbonyl (C=O) groups excluding carboxylic acids is 1. The molecule has 0 aliphatic carbocycles. The first-order valence-electron chi connectivity index (χ1n) is 11.5. The third-order valence-electron chi connectivity index (χ3n) is 6.36. The van der Waals surface area contributed by atoms with E-state index in [4.69, 9.17) is 14.2 Å². The zero-order valence-corrected chi connectivity index (χ0v) is 21.1. The molecule has 1 amide bonds. The van der Waals surface area contributed by atoms with E-state index in [1.807, 2.05) is 12.1 Å². The molecule has 3 aromatic rings. The highest BCUT2D eigenvalue weighted by atomic mass is 32.2. The van der Waals surface area contributed by atoms with Crippen LogP contribution in [0.4, 0.5) is 17.3 Å². The molecule has 1 aromatic carbocycles. The smallest absolute Gasteiger partial charge is 0.231 e. The monoisotopic (exact) mass is 526 g/mol. The van der Waals surface area contributed by atoms with Crippen LogP contribution >= 0.6 is 0 Å². The van der Waals surface area contributed by atoms with Gasteiger partial charge in [0, 0.05) is 48.6 Å². The number of nitrogens with one attached hydrogen (secondary N) is 2. The van der Waals surface area contributed by atoms with E-state index in [0.29, 0.717) is 52.7 Å². The molecule has 2 aromatic heterocycles. The molecule has 3 N–H and O–H groups in total. The second kappa shape index (κ2) is 9.61. The van der Waals surface area contributed by atoms with Gasteiger partial charge in [0.1, 0.15) is 11.6 Å². The summed E-state index contributed by atoms with van der Waals surface area (Å²) in [5, 5.41) is 15.9. The first kappa shape index (κ1) is 24.9. The standard InChI is InChI=1S/C25H26N4O7S/c1-15(31)27-21-10-19(18(11-26-21)17-4-3-5-20-24(17)36-14-35-20)28-22-8-16(9-23(29-22)37(2,32)33)25(12-30)6-7-34-13-25/h3-5,8-11,30H,6-7,12-14H2,1-2H3,(H2,26,27,28,29,31). The molecular formula is C25H26N4O7S. The Morgan fingerprint density at radius 3 is 2.70 bits per heavy atom. The van der Waals surface area contributed by atoms with Gasteiger partial charge in [-0.15, -0.1) is 0 Å². The Balaban J connectivity index is 1.65. The lowest BCUT2D eigenvalue weighted by Gasteiger charge is -2.26. The van der Waals surface area contributed by atoms with E-state index >= 15 is 0 Å². The second-order valence-corrected chi connectivity index (χ2v) is 11.0. The summed E-state index contributed by atoms with van der Waals surface area (Å²) in [6, 6.07) is 10.3. The predicted octanol–water partition coefficient (Wildman–Crippen LogP) is 2.63. The van der Waals surface area contributed by atoms with Crippen molar-refractivity contribution in [2.45, 2.75) is 23.8 Å². The van der Waals surface area contributed by atoms with Crippen LogP contribution in [0.5, 0.6) is 11.5 Å². The van der Waals surface area contributed by atoms with Crippen LogP contribution in [0.1, 0.15) is 18.9 Å². The van der Waals surface area contributed by atoms with E-state index in [-0.39, 0.29) is 36.8 Å². The second-order valence-electron chi connectivity index (χ2n) is 9.05. The van der Waals surface area contributed by atoms with Crippen LogP contribution in [-0.2, 0) is 24.8 Å². The fourth-order valence-corrected chi connectivity index (χ4v) is 5.02. The van der Waals surface area contributed by atoms with Crippen LogP contribution in [-0.4, -0.2) is 62.3 Å². The van der Waals surface area contributed by atoms with Crippen LogP contribution in [0, 0.1) is 0 Å². The van der Waals surface area contributed by atoms with Gasteiger partial charge >= 0.3 is 0 Å². The molecule has 1 atom stereocenters. The average molecular weight is 527 g/mol. The molecule has 11 nitrogen and oxygen atoms in total. The van der Waals surface area contributed by atoms with Crippen LogP contribution in [0.3, 0.4) is 0 Å². The number of aromatic nitrogens is 2. The zero-order valence-electron chi connectivity index (χ0n) is 20.3. The fourth-order valence-electron chi connectivity index (χ4n) is 4.42. The van der Waals surface area contributed by atoms with Gasteiger partial charge in [0.05, 0.1) is 18.9 Å². The number of nitrogens with zero attached hydrogens (tertiary/aromatic N) is 2. The van der Waals surface area contributed by atoms with Crippen LogP contribution in [0.15, 0.2) is 47.6 Å². The number of pyridine rings is 2. The van der Waals surface area contributed by atoms with Crippen molar-refractivity contribution < 1.29 is 32.5 Å². The van der Waals surface area contributed by atoms with Gasteiger partial charge in [-0.2, -0.15) is 0 Å². The molecule has 0 spiro atoms. The van der Waals surface area contributed by atoms with Gasteiger partial charge in [0.2, 0.25) is 12.7 Å². The SMILES string of the molecule is CC(=O)Nc1cc(Nc2cc(C3(CO)CCOC3)cc(S(C)(=O)=O)n2)c(-c2cccc3c2OCO3)cn1. The summed E-state index contributed by atoms with van der Waals surface area (Å²) in [6.07, 6.45) is 3.19. The van der Waals surface area contributed by atoms with E-state index < -0.39 is 15.3 Å². The third kappa shape index (κ3) is 4.95. The highest BCUT2D eigenvalue weighted by Crippen LogP contribution is 2.44. The Bertz CT molecular complexity index is 1470. The Labute approximate surface area is 213 Å². The van der Waals surface area contributed by atoms with Crippen molar-refractivity contribution in [2.24, 2.45) is 0 Å². The number of benzene rings is 1. The molecule has 4 heterocycles. The lowest BCUT2D eigenvalue weighted by atomic mass is 9.81. The highest BCUT2D eigenvalue weighted by molar-refractivity contribution is 7.90. The summed E-state index contributed by atoms with van der Waals surface area (Å²) < 4.78 is 41.8. The first-order valence-corrected chi connectivity index (χ1v) is 13.4. The summed E-state index contributed by atoms with van der Waals surface area (Å²) in [5.41, 5.74) is 1.65. The van der Waals surface area contributed by atoms with E-state index in [0.717, 1.165) is 6.26 Å². The number of para-hydroxylation sites is 1. The maximum atomic E-state index is 12.5. The van der Waals surface area contributed by atoms with Crippen molar-refractivity contribution in [2.75, 3.05) is 43.5 Å². The molecule has 5 rings (SSSR count). The summed E-state index contributed by atoms with van der Waals surface area (Å²) in [5.74, 6) is 1.36.